The first-order chi connectivity index (χ1) is 13.4. The van der Waals surface area contributed by atoms with E-state index in [2.05, 4.69) is 0 Å². The van der Waals surface area contributed by atoms with Gasteiger partial charge in [0.25, 0.3) is 35.6 Å². The molecule has 2 unspecified atom stereocenters. The topological polar surface area (TPSA) is 217 Å². The highest BCUT2D eigenvalue weighted by molar-refractivity contribution is 7.90. The third kappa shape index (κ3) is 8.25. The fourth-order valence-corrected chi connectivity index (χ4v) is 5.87. The normalized spacial score (nSPS) is 14.8. The van der Waals surface area contributed by atoms with Crippen molar-refractivity contribution in [3.8, 4) is 0 Å². The fourth-order valence-electron chi connectivity index (χ4n) is 2.60. The van der Waals surface area contributed by atoms with E-state index in [9.17, 15) is 39.4 Å². The summed E-state index contributed by atoms with van der Waals surface area (Å²) in [7, 11) is -14.7. The van der Waals surface area contributed by atoms with E-state index in [-0.39, 0.29) is 16.7 Å². The van der Waals surface area contributed by atoms with E-state index in [0.29, 0.717) is 0 Å². The van der Waals surface area contributed by atoms with E-state index in [1.807, 2.05) is 0 Å². The third-order valence-corrected chi connectivity index (χ3v) is 7.79. The highest BCUT2D eigenvalue weighted by atomic mass is 35.5. The molecule has 0 bridgehead atoms. The van der Waals surface area contributed by atoms with Gasteiger partial charge in [0.05, 0.1) is 16.6 Å². The largest absolute Gasteiger partial charge is 0.478 e. The molecule has 16 heteroatoms. The lowest BCUT2D eigenvalue weighted by molar-refractivity contribution is 0.0696. The van der Waals surface area contributed by atoms with Crippen molar-refractivity contribution < 1.29 is 53.6 Å². The number of rotatable bonds is 11. The van der Waals surface area contributed by atoms with Crippen molar-refractivity contribution in [2.24, 2.45) is 0 Å². The van der Waals surface area contributed by atoms with E-state index in [0.717, 1.165) is 18.2 Å². The Bertz CT molecular complexity index is 1140. The number of carbonyl (C=O) groups excluding carboxylic acids is 1. The molecular weight excluding hydrogens is 492 g/mol. The maximum atomic E-state index is 11.7. The van der Waals surface area contributed by atoms with Gasteiger partial charge in [-0.15, -0.1) is 0 Å². The van der Waals surface area contributed by atoms with Crippen LogP contribution in [0.15, 0.2) is 18.2 Å². The molecule has 0 heterocycles. The fraction of sp³-hybridized carbons (Fsp3) is 0.429. The Morgan fingerprint density at radius 3 is 1.80 bits per heavy atom. The van der Waals surface area contributed by atoms with Crippen LogP contribution in [0.3, 0.4) is 0 Å². The minimum atomic E-state index is -5.00. The smallest absolute Gasteiger partial charge is 0.335 e. The maximum absolute atomic E-state index is 11.7. The number of carboxylic acids is 1. The van der Waals surface area contributed by atoms with E-state index in [4.69, 9.17) is 25.8 Å². The molecule has 4 N–H and O–H groups in total. The third-order valence-electron chi connectivity index (χ3n) is 4.07. The van der Waals surface area contributed by atoms with Gasteiger partial charge in [-0.2, -0.15) is 25.3 Å². The van der Waals surface area contributed by atoms with Gasteiger partial charge in [0, 0.05) is 5.56 Å². The standard InChI is InChI=1S/C14H17ClO12S3/c15-13(16)12-6-9(14(17)18)2-1-8(12)5-10(29(22,23)24)3-4-11(30(25,26)27)7-28(19,20)21/h1-2,6,10-11H,3-5,7H2,(H,17,18)(H,19,20,21)(H,22,23,24)(H,25,26,27). The number of hydrogen-bond donors (Lipinski definition) is 4. The lowest BCUT2D eigenvalue weighted by atomic mass is 9.99. The summed E-state index contributed by atoms with van der Waals surface area (Å²) in [6.45, 7) is 0. The summed E-state index contributed by atoms with van der Waals surface area (Å²) < 4.78 is 95.3. The monoisotopic (exact) mass is 508 g/mol. The number of aromatic carboxylic acids is 1. The van der Waals surface area contributed by atoms with Gasteiger partial charge in [-0.3, -0.25) is 18.5 Å². The molecule has 2 atom stereocenters. The van der Waals surface area contributed by atoms with Crippen LogP contribution in [-0.4, -0.2) is 71.5 Å². The first-order valence-electron chi connectivity index (χ1n) is 7.85. The van der Waals surface area contributed by atoms with Crippen molar-refractivity contribution in [2.45, 2.75) is 29.8 Å². The van der Waals surface area contributed by atoms with Gasteiger partial charge in [-0.1, -0.05) is 6.07 Å². The van der Waals surface area contributed by atoms with Crippen LogP contribution in [-0.2, 0) is 36.8 Å². The molecule has 0 aliphatic heterocycles. The second-order valence-electron chi connectivity index (χ2n) is 6.25. The minimum Gasteiger partial charge on any atom is -0.478 e. The molecule has 0 saturated heterocycles. The zero-order valence-electron chi connectivity index (χ0n) is 14.9. The molecule has 1 rings (SSSR count). The van der Waals surface area contributed by atoms with Crippen molar-refractivity contribution in [3.05, 3.63) is 34.9 Å². The summed E-state index contributed by atoms with van der Waals surface area (Å²) in [5, 5.41) is 3.99. The molecule has 0 fully saturated rings. The molecule has 0 amide bonds. The Balaban J connectivity index is 3.24. The first-order valence-corrected chi connectivity index (χ1v) is 12.8. The lowest BCUT2D eigenvalue weighted by Gasteiger charge is -2.18. The highest BCUT2D eigenvalue weighted by Gasteiger charge is 2.32. The van der Waals surface area contributed by atoms with Crippen molar-refractivity contribution in [3.63, 3.8) is 0 Å². The summed E-state index contributed by atoms with van der Waals surface area (Å²) in [6, 6.07) is 3.00. The van der Waals surface area contributed by atoms with Gasteiger partial charge >= 0.3 is 5.97 Å². The predicted molar refractivity (Wildman–Crippen MR) is 104 cm³/mol. The zero-order chi connectivity index (χ0) is 23.5. The van der Waals surface area contributed by atoms with Crippen LogP contribution in [0.1, 0.15) is 39.1 Å². The van der Waals surface area contributed by atoms with Crippen LogP contribution in [0.25, 0.3) is 0 Å². The molecule has 170 valence electrons. The van der Waals surface area contributed by atoms with Gasteiger partial charge in [0.15, 0.2) is 0 Å². The van der Waals surface area contributed by atoms with Gasteiger partial charge in [0.2, 0.25) is 0 Å². The summed E-state index contributed by atoms with van der Waals surface area (Å²) >= 11 is 5.39. The van der Waals surface area contributed by atoms with Crippen LogP contribution in [0.2, 0.25) is 0 Å². The average molecular weight is 509 g/mol. The molecular formula is C14H17ClO12S3. The molecule has 30 heavy (non-hydrogen) atoms. The number of carbonyl (C=O) groups is 2. The van der Waals surface area contributed by atoms with Crippen molar-refractivity contribution in [1.29, 1.82) is 0 Å². The Morgan fingerprint density at radius 2 is 1.40 bits per heavy atom. The Labute approximate surface area is 177 Å². The van der Waals surface area contributed by atoms with E-state index < -0.39 is 77.1 Å². The second kappa shape index (κ2) is 9.67. The Hall–Kier alpha value is -1.62. The first kappa shape index (κ1) is 26.4. The van der Waals surface area contributed by atoms with E-state index in [1.165, 1.54) is 0 Å². The maximum Gasteiger partial charge on any atom is 0.335 e. The van der Waals surface area contributed by atoms with E-state index >= 15 is 0 Å². The van der Waals surface area contributed by atoms with Gasteiger partial charge in [0.1, 0.15) is 5.25 Å². The van der Waals surface area contributed by atoms with Gasteiger partial charge in [-0.05, 0) is 48.6 Å². The quantitative estimate of drug-likeness (QED) is 0.237. The predicted octanol–water partition coefficient (Wildman–Crippen LogP) is 0.487. The molecule has 0 aliphatic carbocycles. The van der Waals surface area contributed by atoms with Crippen LogP contribution >= 0.6 is 11.6 Å². The number of benzene rings is 1. The summed E-state index contributed by atoms with van der Waals surface area (Å²) in [4.78, 5) is 22.6. The summed E-state index contributed by atoms with van der Waals surface area (Å²) in [5.74, 6) is -2.81. The minimum absolute atomic E-state index is 0.0826. The summed E-state index contributed by atoms with van der Waals surface area (Å²) in [5.41, 5.74) is -0.777. The SMILES string of the molecule is O=C(O)c1ccc(CC(CCC(CS(=O)(=O)O)S(=O)(=O)O)S(=O)(=O)O)c(C(=O)Cl)c1. The molecule has 1 aromatic rings. The van der Waals surface area contributed by atoms with Gasteiger partial charge < -0.3 is 5.11 Å². The second-order valence-corrected chi connectivity index (χ2v) is 11.5. The van der Waals surface area contributed by atoms with E-state index in [1.54, 1.807) is 0 Å². The Morgan fingerprint density at radius 1 is 0.900 bits per heavy atom. The zero-order valence-corrected chi connectivity index (χ0v) is 18.1. The molecule has 0 saturated carbocycles. The van der Waals surface area contributed by atoms with Crippen LogP contribution in [0, 0.1) is 0 Å². The van der Waals surface area contributed by atoms with Crippen molar-refractivity contribution in [2.75, 3.05) is 5.75 Å². The number of carboxylic acid groups (broad SMARTS) is 1. The number of halogens is 1. The highest BCUT2D eigenvalue weighted by Crippen LogP contribution is 2.23. The Kier molecular flexibility index (Phi) is 8.52. The molecule has 0 spiro atoms. The molecule has 0 aromatic heterocycles. The molecule has 0 radical (unpaired) electrons. The number of hydrogen-bond acceptors (Lipinski definition) is 8. The van der Waals surface area contributed by atoms with Gasteiger partial charge in [-0.25, -0.2) is 4.79 Å². The van der Waals surface area contributed by atoms with Crippen molar-refractivity contribution >= 4 is 53.2 Å². The van der Waals surface area contributed by atoms with Crippen molar-refractivity contribution in [1.82, 2.24) is 0 Å². The van der Waals surface area contributed by atoms with Crippen LogP contribution < -0.4 is 0 Å². The average Bonchev–Trinajstić information content (AvgIpc) is 2.53. The molecule has 0 aliphatic rings. The lowest BCUT2D eigenvalue weighted by Crippen LogP contribution is -2.32. The summed E-state index contributed by atoms with van der Waals surface area (Å²) in [6.07, 6.45) is -2.10. The van der Waals surface area contributed by atoms with Crippen LogP contribution in [0.5, 0.6) is 0 Å². The van der Waals surface area contributed by atoms with Crippen LogP contribution in [0.4, 0.5) is 0 Å². The molecule has 12 nitrogen and oxygen atoms in total. The molecule has 1 aromatic carbocycles.